The maximum Gasteiger partial charge on any atom is 0.326 e. The first kappa shape index (κ1) is 17.3. The highest BCUT2D eigenvalue weighted by atomic mass is 16.5. The first-order valence-corrected chi connectivity index (χ1v) is 7.35. The van der Waals surface area contributed by atoms with Crippen LogP contribution in [0.25, 0.3) is 0 Å². The van der Waals surface area contributed by atoms with E-state index in [1.54, 1.807) is 18.2 Å². The second-order valence-electron chi connectivity index (χ2n) is 5.10. The lowest BCUT2D eigenvalue weighted by Crippen LogP contribution is -2.42. The number of ether oxygens (including phenoxy) is 2. The molecule has 2 aromatic carbocycles. The Hall–Kier alpha value is -3.02. The molecule has 6 heteroatoms. The number of methoxy groups -OCH3 is 2. The molecule has 0 radical (unpaired) electrons. The topological polar surface area (TPSA) is 84.9 Å². The number of benzene rings is 2. The molecular weight excluding hydrogens is 310 g/mol. The lowest BCUT2D eigenvalue weighted by molar-refractivity contribution is -0.139. The Morgan fingerprint density at radius 2 is 1.75 bits per heavy atom. The van der Waals surface area contributed by atoms with Crippen molar-refractivity contribution in [2.45, 2.75) is 12.5 Å². The Balaban J connectivity index is 2.21. The SMILES string of the molecule is COc1cccc(C(=O)N[C@@H](Cc2ccccc2)C(=O)O)c1OC. The monoisotopic (exact) mass is 329 g/mol. The van der Waals surface area contributed by atoms with E-state index in [0.717, 1.165) is 5.56 Å². The average molecular weight is 329 g/mol. The average Bonchev–Trinajstić information content (AvgIpc) is 2.60. The van der Waals surface area contributed by atoms with E-state index in [0.29, 0.717) is 5.75 Å². The standard InChI is InChI=1S/C18H19NO5/c1-23-15-10-6-9-13(16(15)24-2)17(20)19-14(18(21)22)11-12-7-4-3-5-8-12/h3-10,14H,11H2,1-2H3,(H,19,20)(H,21,22)/t14-/m0/s1. The van der Waals surface area contributed by atoms with Gasteiger partial charge in [0, 0.05) is 6.42 Å². The van der Waals surface area contributed by atoms with Gasteiger partial charge in [0.25, 0.3) is 5.91 Å². The number of carbonyl (C=O) groups is 2. The number of nitrogens with one attached hydrogen (secondary N) is 1. The summed E-state index contributed by atoms with van der Waals surface area (Å²) in [6.45, 7) is 0. The fraction of sp³-hybridized carbons (Fsp3) is 0.222. The van der Waals surface area contributed by atoms with Crippen LogP contribution in [0, 0.1) is 0 Å². The highest BCUT2D eigenvalue weighted by Gasteiger charge is 2.24. The molecule has 0 saturated heterocycles. The third kappa shape index (κ3) is 4.04. The van der Waals surface area contributed by atoms with Gasteiger partial charge in [-0.05, 0) is 17.7 Å². The molecule has 24 heavy (non-hydrogen) atoms. The van der Waals surface area contributed by atoms with Gasteiger partial charge in [-0.1, -0.05) is 36.4 Å². The largest absolute Gasteiger partial charge is 0.493 e. The minimum absolute atomic E-state index is 0.189. The van der Waals surface area contributed by atoms with Crippen LogP contribution in [0.1, 0.15) is 15.9 Å². The van der Waals surface area contributed by atoms with Gasteiger partial charge >= 0.3 is 5.97 Å². The fourth-order valence-electron chi connectivity index (χ4n) is 2.35. The van der Waals surface area contributed by atoms with Gasteiger partial charge in [-0.3, -0.25) is 4.79 Å². The Bertz CT molecular complexity index is 715. The zero-order valence-corrected chi connectivity index (χ0v) is 13.5. The summed E-state index contributed by atoms with van der Waals surface area (Å²) in [5, 5.41) is 11.9. The van der Waals surface area contributed by atoms with Crippen molar-refractivity contribution < 1.29 is 24.2 Å². The molecule has 6 nitrogen and oxygen atoms in total. The van der Waals surface area contributed by atoms with Gasteiger partial charge < -0.3 is 19.9 Å². The van der Waals surface area contributed by atoms with Gasteiger partial charge in [-0.15, -0.1) is 0 Å². The van der Waals surface area contributed by atoms with Crippen molar-refractivity contribution in [3.63, 3.8) is 0 Å². The van der Waals surface area contributed by atoms with Crippen molar-refractivity contribution in [1.82, 2.24) is 5.32 Å². The highest BCUT2D eigenvalue weighted by Crippen LogP contribution is 2.30. The first-order valence-electron chi connectivity index (χ1n) is 7.35. The Morgan fingerprint density at radius 3 is 2.33 bits per heavy atom. The zero-order chi connectivity index (χ0) is 17.5. The van der Waals surface area contributed by atoms with Crippen molar-refractivity contribution in [3.8, 4) is 11.5 Å². The van der Waals surface area contributed by atoms with Gasteiger partial charge in [0.2, 0.25) is 0 Å². The van der Waals surface area contributed by atoms with Crippen LogP contribution in [0.5, 0.6) is 11.5 Å². The van der Waals surface area contributed by atoms with Crippen molar-refractivity contribution >= 4 is 11.9 Å². The molecule has 0 unspecified atom stereocenters. The normalized spacial score (nSPS) is 11.4. The Kier molecular flexibility index (Phi) is 5.78. The van der Waals surface area contributed by atoms with Gasteiger partial charge in [-0.2, -0.15) is 0 Å². The lowest BCUT2D eigenvalue weighted by atomic mass is 10.1. The van der Waals surface area contributed by atoms with E-state index in [1.165, 1.54) is 14.2 Å². The molecule has 0 heterocycles. The summed E-state index contributed by atoms with van der Waals surface area (Å²) in [6.07, 6.45) is 0.189. The summed E-state index contributed by atoms with van der Waals surface area (Å²) in [5.74, 6) is -0.968. The minimum atomic E-state index is -1.10. The van der Waals surface area contributed by atoms with Crippen LogP contribution in [0.15, 0.2) is 48.5 Å². The molecule has 0 saturated carbocycles. The molecule has 0 bridgehead atoms. The van der Waals surface area contributed by atoms with Crippen LogP contribution in [0.3, 0.4) is 0 Å². The van der Waals surface area contributed by atoms with Crippen molar-refractivity contribution in [3.05, 3.63) is 59.7 Å². The number of aliphatic carboxylic acids is 1. The van der Waals surface area contributed by atoms with E-state index in [4.69, 9.17) is 9.47 Å². The van der Waals surface area contributed by atoms with Crippen LogP contribution in [0.2, 0.25) is 0 Å². The maximum absolute atomic E-state index is 12.5. The number of rotatable bonds is 7. The molecule has 0 spiro atoms. The number of carboxylic acid groups (broad SMARTS) is 1. The molecule has 0 fully saturated rings. The smallest absolute Gasteiger partial charge is 0.326 e. The van der Waals surface area contributed by atoms with E-state index in [-0.39, 0.29) is 17.7 Å². The summed E-state index contributed by atoms with van der Waals surface area (Å²) in [5.41, 5.74) is 1.04. The first-order chi connectivity index (χ1) is 11.6. The molecule has 1 amide bonds. The summed E-state index contributed by atoms with van der Waals surface area (Å²) >= 11 is 0. The molecule has 2 rings (SSSR count). The highest BCUT2D eigenvalue weighted by molar-refractivity contribution is 5.99. The number of para-hydroxylation sites is 1. The number of hydrogen-bond acceptors (Lipinski definition) is 4. The number of amides is 1. The van der Waals surface area contributed by atoms with Crippen molar-refractivity contribution in [2.75, 3.05) is 14.2 Å². The van der Waals surface area contributed by atoms with Gasteiger partial charge in [0.05, 0.1) is 19.8 Å². The van der Waals surface area contributed by atoms with Crippen LogP contribution in [-0.2, 0) is 11.2 Å². The van der Waals surface area contributed by atoms with E-state index in [2.05, 4.69) is 5.32 Å². The van der Waals surface area contributed by atoms with Gasteiger partial charge in [-0.25, -0.2) is 4.79 Å². The predicted octanol–water partition coefficient (Wildman–Crippen LogP) is 2.13. The van der Waals surface area contributed by atoms with Crippen LogP contribution >= 0.6 is 0 Å². The quantitative estimate of drug-likeness (QED) is 0.813. The van der Waals surface area contributed by atoms with E-state index < -0.39 is 17.9 Å². The van der Waals surface area contributed by atoms with Gasteiger partial charge in [0.1, 0.15) is 6.04 Å². The zero-order valence-electron chi connectivity index (χ0n) is 13.5. The van der Waals surface area contributed by atoms with Crippen LogP contribution in [0.4, 0.5) is 0 Å². The summed E-state index contributed by atoms with van der Waals surface area (Å²) in [4.78, 5) is 24.0. The summed E-state index contributed by atoms with van der Waals surface area (Å²) < 4.78 is 10.4. The second-order valence-corrected chi connectivity index (χ2v) is 5.10. The summed E-state index contributed by atoms with van der Waals surface area (Å²) in [7, 11) is 2.89. The molecule has 0 aromatic heterocycles. The molecule has 2 aromatic rings. The molecule has 0 aliphatic rings. The van der Waals surface area contributed by atoms with E-state index in [1.807, 2.05) is 30.3 Å². The molecule has 1 atom stereocenters. The Labute approximate surface area is 140 Å². The lowest BCUT2D eigenvalue weighted by Gasteiger charge is -2.17. The van der Waals surface area contributed by atoms with E-state index in [9.17, 15) is 14.7 Å². The fourth-order valence-corrected chi connectivity index (χ4v) is 2.35. The summed E-state index contributed by atoms with van der Waals surface area (Å²) in [6, 6.07) is 12.9. The minimum Gasteiger partial charge on any atom is -0.493 e. The molecule has 126 valence electrons. The second kappa shape index (κ2) is 8.01. The third-order valence-electron chi connectivity index (χ3n) is 3.53. The third-order valence-corrected chi connectivity index (χ3v) is 3.53. The van der Waals surface area contributed by atoms with Crippen LogP contribution in [-0.4, -0.2) is 37.2 Å². The number of hydrogen-bond donors (Lipinski definition) is 2. The molecular formula is C18H19NO5. The number of carboxylic acids is 1. The van der Waals surface area contributed by atoms with Crippen molar-refractivity contribution in [2.24, 2.45) is 0 Å². The number of carbonyl (C=O) groups excluding carboxylic acids is 1. The van der Waals surface area contributed by atoms with E-state index >= 15 is 0 Å². The Morgan fingerprint density at radius 1 is 1.04 bits per heavy atom. The van der Waals surface area contributed by atoms with Crippen molar-refractivity contribution in [1.29, 1.82) is 0 Å². The molecule has 0 aliphatic heterocycles. The molecule has 0 aliphatic carbocycles. The predicted molar refractivity (Wildman–Crippen MR) is 88.6 cm³/mol. The molecule has 2 N–H and O–H groups in total. The maximum atomic E-state index is 12.5. The van der Waals surface area contributed by atoms with Gasteiger partial charge in [0.15, 0.2) is 11.5 Å². The van der Waals surface area contributed by atoms with Crippen LogP contribution < -0.4 is 14.8 Å².